The number of aromatic nitrogens is 2. The number of hydrogen-bond acceptors (Lipinski definition) is 6. The zero-order valence-electron chi connectivity index (χ0n) is 19.6. The van der Waals surface area contributed by atoms with Gasteiger partial charge in [-0.1, -0.05) is 12.6 Å². The van der Waals surface area contributed by atoms with E-state index in [1.54, 1.807) is 47.0 Å². The van der Waals surface area contributed by atoms with Crippen LogP contribution in [-0.2, 0) is 14.8 Å². The smallest absolute Gasteiger partial charge is 0.272 e. The standard InChI is InChI=1S/C24H21F2N5O4S2/c1-4-21(32)27-14-6-5-7-16(12-14)31-18-9-8-15(30(2)37(3,34)35)13-17(18)28-24(31)29-23(33)20-11-10-19(36-20)22(25)26/h4-13,22H,1H2,2-3H3,(H,27,32)(H,28,29,33). The van der Waals surface area contributed by atoms with Gasteiger partial charge >= 0.3 is 0 Å². The van der Waals surface area contributed by atoms with Gasteiger partial charge in [0.15, 0.2) is 0 Å². The molecule has 192 valence electrons. The summed E-state index contributed by atoms with van der Waals surface area (Å²) in [7, 11) is -2.14. The van der Waals surface area contributed by atoms with Crippen molar-refractivity contribution in [3.63, 3.8) is 0 Å². The molecule has 0 aliphatic heterocycles. The van der Waals surface area contributed by atoms with Gasteiger partial charge in [-0.15, -0.1) is 11.3 Å². The molecule has 0 bridgehead atoms. The van der Waals surface area contributed by atoms with Crippen molar-refractivity contribution in [2.45, 2.75) is 6.43 Å². The molecule has 4 aromatic rings. The van der Waals surface area contributed by atoms with Gasteiger partial charge in [0, 0.05) is 12.7 Å². The Morgan fingerprint density at radius 1 is 1.14 bits per heavy atom. The Morgan fingerprint density at radius 2 is 1.89 bits per heavy atom. The molecular formula is C24H21F2N5O4S2. The Morgan fingerprint density at radius 3 is 2.54 bits per heavy atom. The molecule has 0 aliphatic rings. The van der Waals surface area contributed by atoms with Crippen LogP contribution in [0.4, 0.5) is 26.1 Å². The van der Waals surface area contributed by atoms with Gasteiger partial charge in [0.05, 0.1) is 38.4 Å². The summed E-state index contributed by atoms with van der Waals surface area (Å²) in [5.41, 5.74) is 2.21. The lowest BCUT2D eigenvalue weighted by Gasteiger charge is -2.16. The fourth-order valence-corrected chi connectivity index (χ4v) is 4.73. The van der Waals surface area contributed by atoms with Crippen molar-refractivity contribution in [2.75, 3.05) is 28.2 Å². The number of nitrogens with one attached hydrogen (secondary N) is 2. The first-order chi connectivity index (χ1) is 17.5. The van der Waals surface area contributed by atoms with Gasteiger partial charge in [0.2, 0.25) is 21.9 Å². The van der Waals surface area contributed by atoms with Gasteiger partial charge in [0.25, 0.3) is 12.3 Å². The first-order valence-electron chi connectivity index (χ1n) is 10.7. The zero-order valence-corrected chi connectivity index (χ0v) is 21.2. The van der Waals surface area contributed by atoms with Crippen LogP contribution in [0.1, 0.15) is 21.0 Å². The predicted molar refractivity (Wildman–Crippen MR) is 140 cm³/mol. The molecule has 0 atom stereocenters. The number of alkyl halides is 2. The summed E-state index contributed by atoms with van der Waals surface area (Å²) >= 11 is 0.668. The van der Waals surface area contributed by atoms with E-state index in [0.29, 0.717) is 39.4 Å². The third-order valence-corrected chi connectivity index (χ3v) is 7.64. The molecule has 2 heterocycles. The van der Waals surface area contributed by atoms with Crippen LogP contribution in [-0.4, -0.2) is 43.1 Å². The SMILES string of the molecule is C=CC(=O)Nc1cccc(-n2c(NC(=O)c3ccc(C(F)F)s3)nc3cc(N(C)S(C)(=O)=O)ccc32)c1. The third kappa shape index (κ3) is 5.52. The Kier molecular flexibility index (Phi) is 7.09. The number of sulfonamides is 1. The quantitative estimate of drug-likeness (QED) is 0.309. The number of amides is 2. The lowest BCUT2D eigenvalue weighted by atomic mass is 10.2. The van der Waals surface area contributed by atoms with Crippen molar-refractivity contribution in [2.24, 2.45) is 0 Å². The number of imidazole rings is 1. The van der Waals surface area contributed by atoms with Crippen molar-refractivity contribution >= 4 is 61.5 Å². The Labute approximate surface area is 215 Å². The largest absolute Gasteiger partial charge is 0.322 e. The molecule has 0 radical (unpaired) electrons. The van der Waals surface area contributed by atoms with E-state index >= 15 is 0 Å². The molecule has 0 aliphatic carbocycles. The number of benzene rings is 2. The number of hydrogen-bond donors (Lipinski definition) is 2. The number of carbonyl (C=O) groups excluding carboxylic acids is 2. The van der Waals surface area contributed by atoms with Crippen molar-refractivity contribution in [1.29, 1.82) is 0 Å². The number of anilines is 3. The Bertz CT molecular complexity index is 1630. The van der Waals surface area contributed by atoms with Crippen molar-refractivity contribution in [3.8, 4) is 5.69 Å². The second kappa shape index (κ2) is 10.1. The summed E-state index contributed by atoms with van der Waals surface area (Å²) in [5, 5.41) is 5.32. The minimum absolute atomic E-state index is 0.0679. The first-order valence-corrected chi connectivity index (χ1v) is 13.3. The summed E-state index contributed by atoms with van der Waals surface area (Å²) in [4.78, 5) is 29.0. The minimum Gasteiger partial charge on any atom is -0.322 e. The van der Waals surface area contributed by atoms with Gasteiger partial charge < -0.3 is 5.32 Å². The molecule has 37 heavy (non-hydrogen) atoms. The average molecular weight is 546 g/mol. The van der Waals surface area contributed by atoms with E-state index in [1.165, 1.54) is 19.2 Å². The van der Waals surface area contributed by atoms with E-state index in [9.17, 15) is 26.8 Å². The van der Waals surface area contributed by atoms with Gasteiger partial charge in [-0.05, 0) is 54.6 Å². The number of thiophene rings is 1. The molecule has 0 fully saturated rings. The number of carbonyl (C=O) groups is 2. The minimum atomic E-state index is -3.54. The van der Waals surface area contributed by atoms with Crippen LogP contribution in [0.3, 0.4) is 0 Å². The highest BCUT2D eigenvalue weighted by Crippen LogP contribution is 2.31. The van der Waals surface area contributed by atoms with Crippen molar-refractivity contribution in [3.05, 3.63) is 77.0 Å². The number of halogens is 2. The maximum atomic E-state index is 13.0. The van der Waals surface area contributed by atoms with E-state index in [-0.39, 0.29) is 15.7 Å². The second-order valence-electron chi connectivity index (χ2n) is 7.87. The topological polar surface area (TPSA) is 113 Å². The normalized spacial score (nSPS) is 11.5. The van der Waals surface area contributed by atoms with E-state index in [2.05, 4.69) is 22.2 Å². The molecule has 2 amide bonds. The maximum absolute atomic E-state index is 13.0. The monoisotopic (exact) mass is 545 g/mol. The van der Waals surface area contributed by atoms with Crippen LogP contribution in [0.5, 0.6) is 0 Å². The highest BCUT2D eigenvalue weighted by molar-refractivity contribution is 7.92. The molecule has 2 N–H and O–H groups in total. The van der Waals surface area contributed by atoms with Crippen LogP contribution in [0.15, 0.2) is 67.3 Å². The van der Waals surface area contributed by atoms with Crippen LogP contribution >= 0.6 is 11.3 Å². The van der Waals surface area contributed by atoms with Crippen LogP contribution in [0, 0.1) is 0 Å². The number of nitrogens with zero attached hydrogens (tertiary/aromatic N) is 3. The second-order valence-corrected chi connectivity index (χ2v) is 11.0. The molecule has 0 spiro atoms. The molecule has 9 nitrogen and oxygen atoms in total. The van der Waals surface area contributed by atoms with Gasteiger partial charge in [0.1, 0.15) is 0 Å². The molecule has 0 unspecified atom stereocenters. The summed E-state index contributed by atoms with van der Waals surface area (Å²) in [6.07, 6.45) is -0.506. The molecule has 0 saturated heterocycles. The average Bonchev–Trinajstić information content (AvgIpc) is 3.48. The fraction of sp³-hybridized carbons (Fsp3) is 0.125. The maximum Gasteiger partial charge on any atom is 0.272 e. The van der Waals surface area contributed by atoms with E-state index < -0.39 is 28.3 Å². The van der Waals surface area contributed by atoms with E-state index in [4.69, 9.17) is 0 Å². The Hall–Kier alpha value is -4.10. The van der Waals surface area contributed by atoms with Crippen molar-refractivity contribution in [1.82, 2.24) is 9.55 Å². The van der Waals surface area contributed by atoms with Gasteiger partial charge in [-0.25, -0.2) is 22.2 Å². The highest BCUT2D eigenvalue weighted by Gasteiger charge is 2.21. The lowest BCUT2D eigenvalue weighted by Crippen LogP contribution is -2.24. The number of fused-ring (bicyclic) bond motifs is 1. The van der Waals surface area contributed by atoms with E-state index in [1.807, 2.05) is 0 Å². The van der Waals surface area contributed by atoms with Crippen molar-refractivity contribution < 1.29 is 26.8 Å². The van der Waals surface area contributed by atoms with Gasteiger partial charge in [-0.3, -0.25) is 23.8 Å². The summed E-state index contributed by atoms with van der Waals surface area (Å²) in [6, 6.07) is 14.0. The van der Waals surface area contributed by atoms with Crippen LogP contribution < -0.4 is 14.9 Å². The fourth-order valence-electron chi connectivity index (χ4n) is 3.47. The van der Waals surface area contributed by atoms with Crippen LogP contribution in [0.25, 0.3) is 16.7 Å². The molecule has 0 saturated carbocycles. The number of rotatable bonds is 8. The third-order valence-electron chi connectivity index (χ3n) is 5.35. The van der Waals surface area contributed by atoms with E-state index in [0.717, 1.165) is 16.6 Å². The highest BCUT2D eigenvalue weighted by atomic mass is 32.2. The summed E-state index contributed by atoms with van der Waals surface area (Å²) in [6.45, 7) is 3.43. The summed E-state index contributed by atoms with van der Waals surface area (Å²) < 4.78 is 52.7. The van der Waals surface area contributed by atoms with Gasteiger partial charge in [-0.2, -0.15) is 0 Å². The zero-order chi connectivity index (χ0) is 26.9. The predicted octanol–water partition coefficient (Wildman–Crippen LogP) is 4.80. The first kappa shape index (κ1) is 26.0. The molecule has 2 aromatic heterocycles. The molecule has 13 heteroatoms. The Balaban J connectivity index is 1.83. The summed E-state index contributed by atoms with van der Waals surface area (Å²) in [5.74, 6) is -0.987. The molecule has 4 rings (SSSR count). The van der Waals surface area contributed by atoms with Crippen LogP contribution in [0.2, 0.25) is 0 Å². The molecular weight excluding hydrogens is 524 g/mol. The molecule has 2 aromatic carbocycles. The lowest BCUT2D eigenvalue weighted by molar-refractivity contribution is -0.111.